The van der Waals surface area contributed by atoms with Crippen LogP contribution in [0.4, 0.5) is 5.82 Å². The lowest BCUT2D eigenvalue weighted by atomic mass is 9.98. The van der Waals surface area contributed by atoms with Crippen molar-refractivity contribution in [3.8, 4) is 0 Å². The molecule has 1 fully saturated rings. The van der Waals surface area contributed by atoms with E-state index in [-0.39, 0.29) is 5.91 Å². The summed E-state index contributed by atoms with van der Waals surface area (Å²) in [5.74, 6) is 0.903. The predicted octanol–water partition coefficient (Wildman–Crippen LogP) is 1.16. The summed E-state index contributed by atoms with van der Waals surface area (Å²) in [6.07, 6.45) is 3.69. The van der Waals surface area contributed by atoms with Gasteiger partial charge in [0.25, 0.3) is 5.91 Å². The van der Waals surface area contributed by atoms with Crippen molar-refractivity contribution < 1.29 is 9.53 Å². The number of aromatic nitrogens is 1. The Balaban J connectivity index is 2.02. The zero-order chi connectivity index (χ0) is 13.0. The first-order valence-electron chi connectivity index (χ1n) is 6.20. The molecule has 5 heteroatoms. The smallest absolute Gasteiger partial charge is 0.255 e. The highest BCUT2D eigenvalue weighted by Gasteiger charge is 2.24. The van der Waals surface area contributed by atoms with Gasteiger partial charge in [-0.15, -0.1) is 0 Å². The van der Waals surface area contributed by atoms with Gasteiger partial charge < -0.3 is 15.4 Å². The summed E-state index contributed by atoms with van der Waals surface area (Å²) in [4.78, 5) is 18.1. The fourth-order valence-corrected chi connectivity index (χ4v) is 2.34. The fourth-order valence-electron chi connectivity index (χ4n) is 2.34. The molecule has 0 aliphatic carbocycles. The average molecular weight is 249 g/mol. The summed E-state index contributed by atoms with van der Waals surface area (Å²) in [7, 11) is 1.70. The van der Waals surface area contributed by atoms with Crippen LogP contribution in [0.1, 0.15) is 23.2 Å². The predicted molar refractivity (Wildman–Crippen MR) is 69.2 cm³/mol. The van der Waals surface area contributed by atoms with Gasteiger partial charge in [-0.3, -0.25) is 4.79 Å². The van der Waals surface area contributed by atoms with Gasteiger partial charge in [-0.2, -0.15) is 0 Å². The SMILES string of the molecule is COCC1CCCN(C(=O)c2ccc(N)nc2)C1. The first kappa shape index (κ1) is 12.8. The van der Waals surface area contributed by atoms with E-state index in [1.165, 1.54) is 6.20 Å². The van der Waals surface area contributed by atoms with Gasteiger partial charge in [0.1, 0.15) is 5.82 Å². The van der Waals surface area contributed by atoms with Gasteiger partial charge in [-0.1, -0.05) is 0 Å². The molecule has 0 bridgehead atoms. The summed E-state index contributed by atoms with van der Waals surface area (Å²) in [5.41, 5.74) is 6.11. The monoisotopic (exact) mass is 249 g/mol. The van der Waals surface area contributed by atoms with Crippen LogP contribution in [0.15, 0.2) is 18.3 Å². The zero-order valence-corrected chi connectivity index (χ0v) is 10.6. The Morgan fingerprint density at radius 3 is 3.11 bits per heavy atom. The van der Waals surface area contributed by atoms with E-state index in [2.05, 4.69) is 4.98 Å². The van der Waals surface area contributed by atoms with E-state index in [0.29, 0.717) is 23.9 Å². The number of nitrogen functional groups attached to an aromatic ring is 1. The molecule has 1 unspecified atom stereocenters. The summed E-state index contributed by atoms with van der Waals surface area (Å²) in [6, 6.07) is 3.38. The van der Waals surface area contributed by atoms with E-state index in [4.69, 9.17) is 10.5 Å². The van der Waals surface area contributed by atoms with Crippen molar-refractivity contribution in [1.29, 1.82) is 0 Å². The lowest BCUT2D eigenvalue weighted by Crippen LogP contribution is -2.41. The van der Waals surface area contributed by atoms with Gasteiger partial charge in [0, 0.05) is 26.4 Å². The number of piperidine rings is 1. The van der Waals surface area contributed by atoms with Crippen molar-refractivity contribution in [2.75, 3.05) is 32.5 Å². The number of carbonyl (C=O) groups excluding carboxylic acids is 1. The lowest BCUT2D eigenvalue weighted by molar-refractivity contribution is 0.0570. The summed E-state index contributed by atoms with van der Waals surface area (Å²) >= 11 is 0. The van der Waals surface area contributed by atoms with Crippen molar-refractivity contribution in [3.05, 3.63) is 23.9 Å². The van der Waals surface area contributed by atoms with Crippen molar-refractivity contribution in [1.82, 2.24) is 9.88 Å². The van der Waals surface area contributed by atoms with Gasteiger partial charge in [0.15, 0.2) is 0 Å². The Kier molecular flexibility index (Phi) is 4.15. The topological polar surface area (TPSA) is 68.5 Å². The quantitative estimate of drug-likeness (QED) is 0.873. The summed E-state index contributed by atoms with van der Waals surface area (Å²) in [5, 5.41) is 0. The number of nitrogens with two attached hydrogens (primary N) is 1. The van der Waals surface area contributed by atoms with Crippen LogP contribution < -0.4 is 5.73 Å². The molecule has 2 heterocycles. The van der Waals surface area contributed by atoms with Crippen LogP contribution >= 0.6 is 0 Å². The maximum atomic E-state index is 12.3. The number of ether oxygens (including phenoxy) is 1. The molecular weight excluding hydrogens is 230 g/mol. The second-order valence-electron chi connectivity index (χ2n) is 4.69. The number of methoxy groups -OCH3 is 1. The Hall–Kier alpha value is -1.62. The van der Waals surface area contributed by atoms with E-state index >= 15 is 0 Å². The third kappa shape index (κ3) is 2.98. The molecule has 0 aromatic carbocycles. The molecule has 0 spiro atoms. The van der Waals surface area contributed by atoms with Gasteiger partial charge in [0.05, 0.1) is 12.2 Å². The molecule has 2 rings (SSSR count). The number of amides is 1. The molecule has 0 saturated carbocycles. The number of anilines is 1. The van der Waals surface area contributed by atoms with E-state index in [9.17, 15) is 4.79 Å². The number of likely N-dealkylation sites (tertiary alicyclic amines) is 1. The highest BCUT2D eigenvalue weighted by molar-refractivity contribution is 5.94. The van der Waals surface area contributed by atoms with E-state index < -0.39 is 0 Å². The van der Waals surface area contributed by atoms with Crippen LogP contribution in [0, 0.1) is 5.92 Å². The number of hydrogen-bond donors (Lipinski definition) is 1. The molecular formula is C13H19N3O2. The molecule has 5 nitrogen and oxygen atoms in total. The lowest BCUT2D eigenvalue weighted by Gasteiger charge is -2.32. The molecule has 1 amide bonds. The van der Waals surface area contributed by atoms with Gasteiger partial charge >= 0.3 is 0 Å². The maximum Gasteiger partial charge on any atom is 0.255 e. The molecule has 1 aromatic heterocycles. The highest BCUT2D eigenvalue weighted by atomic mass is 16.5. The van der Waals surface area contributed by atoms with Gasteiger partial charge in [-0.05, 0) is 30.9 Å². The second-order valence-corrected chi connectivity index (χ2v) is 4.69. The first-order chi connectivity index (χ1) is 8.70. The van der Waals surface area contributed by atoms with Crippen molar-refractivity contribution in [2.24, 2.45) is 5.92 Å². The van der Waals surface area contributed by atoms with Crippen molar-refractivity contribution in [2.45, 2.75) is 12.8 Å². The van der Waals surface area contributed by atoms with Crippen LogP contribution in [-0.4, -0.2) is 42.6 Å². The Labute approximate surface area is 107 Å². The maximum absolute atomic E-state index is 12.3. The highest BCUT2D eigenvalue weighted by Crippen LogP contribution is 2.18. The van der Waals surface area contributed by atoms with E-state index in [1.54, 1.807) is 19.2 Å². The number of hydrogen-bond acceptors (Lipinski definition) is 4. The molecule has 1 aromatic rings. The Morgan fingerprint density at radius 2 is 2.44 bits per heavy atom. The number of pyridine rings is 1. The fraction of sp³-hybridized carbons (Fsp3) is 0.538. The Bertz CT molecular complexity index is 403. The Morgan fingerprint density at radius 1 is 1.61 bits per heavy atom. The van der Waals surface area contributed by atoms with E-state index in [1.807, 2.05) is 4.90 Å². The molecule has 18 heavy (non-hydrogen) atoms. The molecule has 2 N–H and O–H groups in total. The third-order valence-corrected chi connectivity index (χ3v) is 3.24. The largest absolute Gasteiger partial charge is 0.384 e. The second kappa shape index (κ2) is 5.82. The summed E-state index contributed by atoms with van der Waals surface area (Å²) < 4.78 is 5.16. The van der Waals surface area contributed by atoms with Crippen molar-refractivity contribution in [3.63, 3.8) is 0 Å². The minimum Gasteiger partial charge on any atom is -0.384 e. The van der Waals surface area contributed by atoms with Crippen LogP contribution in [0.25, 0.3) is 0 Å². The number of nitrogens with zero attached hydrogens (tertiary/aromatic N) is 2. The molecule has 1 aliphatic rings. The minimum absolute atomic E-state index is 0.0308. The average Bonchev–Trinajstić information content (AvgIpc) is 2.39. The van der Waals surface area contributed by atoms with Crippen molar-refractivity contribution >= 4 is 11.7 Å². The normalized spacial score (nSPS) is 19.8. The van der Waals surface area contributed by atoms with Crippen LogP contribution in [0.2, 0.25) is 0 Å². The van der Waals surface area contributed by atoms with Crippen LogP contribution in [0.5, 0.6) is 0 Å². The van der Waals surface area contributed by atoms with Gasteiger partial charge in [-0.25, -0.2) is 4.98 Å². The van der Waals surface area contributed by atoms with Crippen LogP contribution in [0.3, 0.4) is 0 Å². The molecule has 1 atom stereocenters. The molecule has 1 saturated heterocycles. The number of carbonyl (C=O) groups is 1. The number of rotatable bonds is 3. The van der Waals surface area contributed by atoms with Gasteiger partial charge in [0.2, 0.25) is 0 Å². The zero-order valence-electron chi connectivity index (χ0n) is 10.6. The molecule has 1 aliphatic heterocycles. The minimum atomic E-state index is 0.0308. The van der Waals surface area contributed by atoms with E-state index in [0.717, 1.165) is 25.9 Å². The summed E-state index contributed by atoms with van der Waals surface area (Å²) in [6.45, 7) is 2.28. The standard InChI is InChI=1S/C13H19N3O2/c1-18-9-10-3-2-6-16(8-10)13(17)11-4-5-12(14)15-7-11/h4-5,7,10H,2-3,6,8-9H2,1H3,(H2,14,15). The third-order valence-electron chi connectivity index (χ3n) is 3.24. The van der Waals surface area contributed by atoms with Crippen LogP contribution in [-0.2, 0) is 4.74 Å². The molecule has 98 valence electrons. The molecule has 0 radical (unpaired) electrons. The first-order valence-corrected chi connectivity index (χ1v) is 6.20.